The molecule has 1 saturated heterocycles. The zero-order valence-corrected chi connectivity index (χ0v) is 20.2. The van der Waals surface area contributed by atoms with Gasteiger partial charge < -0.3 is 18.6 Å². The van der Waals surface area contributed by atoms with Crippen molar-refractivity contribution < 1.29 is 13.9 Å². The van der Waals surface area contributed by atoms with Gasteiger partial charge in [0.25, 0.3) is 5.56 Å². The maximum absolute atomic E-state index is 14.5. The molecular weight excluding hydrogens is 451 g/mol. The van der Waals surface area contributed by atoms with Crippen molar-refractivity contribution in [3.63, 3.8) is 0 Å². The van der Waals surface area contributed by atoms with Crippen LogP contribution >= 0.6 is 0 Å². The van der Waals surface area contributed by atoms with E-state index in [1.54, 1.807) is 45.4 Å². The number of halogens is 1. The van der Waals surface area contributed by atoms with Gasteiger partial charge in [0, 0.05) is 49.5 Å². The summed E-state index contributed by atoms with van der Waals surface area (Å²) in [4.78, 5) is 40.3. The van der Waals surface area contributed by atoms with Crippen LogP contribution in [0.25, 0.3) is 27.9 Å². The quantitative estimate of drug-likeness (QED) is 0.430. The maximum Gasteiger partial charge on any atom is 0.410 e. The Morgan fingerprint density at radius 1 is 1.17 bits per heavy atom. The van der Waals surface area contributed by atoms with Crippen molar-refractivity contribution in [2.24, 2.45) is 0 Å². The number of aryl methyl sites for hydroxylation is 1. The summed E-state index contributed by atoms with van der Waals surface area (Å²) < 4.78 is 23.3. The number of hydrogen-bond acceptors (Lipinski definition) is 6. The van der Waals surface area contributed by atoms with Crippen molar-refractivity contribution in [3.05, 3.63) is 58.8 Å². The van der Waals surface area contributed by atoms with E-state index < -0.39 is 11.4 Å². The fourth-order valence-electron chi connectivity index (χ4n) is 4.43. The largest absolute Gasteiger partial charge is 0.444 e. The van der Waals surface area contributed by atoms with Crippen LogP contribution in [-0.4, -0.2) is 53.6 Å². The van der Waals surface area contributed by atoms with Crippen molar-refractivity contribution in [1.29, 1.82) is 0 Å². The van der Waals surface area contributed by atoms with E-state index in [-0.39, 0.29) is 23.3 Å². The van der Waals surface area contributed by atoms with Crippen LogP contribution in [0.2, 0.25) is 0 Å². The minimum atomic E-state index is -0.544. The number of amides is 1. The molecule has 4 aromatic heterocycles. The summed E-state index contributed by atoms with van der Waals surface area (Å²) in [7, 11) is 0. The number of carbonyl (C=O) groups excluding carboxylic acids is 1. The second kappa shape index (κ2) is 8.44. The van der Waals surface area contributed by atoms with Gasteiger partial charge in [-0.05, 0) is 52.7 Å². The highest BCUT2D eigenvalue weighted by molar-refractivity contribution is 5.78. The SMILES string of the molecule is Cc1cn2cc(-c3ncc4c(=O)n(C5CCN(C(=O)OC(C)(C)C)CC5)ccc4n3)cc(F)c2n1. The predicted molar refractivity (Wildman–Crippen MR) is 129 cm³/mol. The van der Waals surface area contributed by atoms with Gasteiger partial charge in [0.2, 0.25) is 0 Å². The molecule has 0 bridgehead atoms. The minimum absolute atomic E-state index is 0.0359. The van der Waals surface area contributed by atoms with E-state index >= 15 is 0 Å². The standard InChI is InChI=1S/C25H27FN6O3/c1-15-13-31-14-16(11-19(26)22(31)28-15)21-27-12-18-20(29-21)7-10-32(23(18)33)17-5-8-30(9-6-17)24(34)35-25(2,3)4/h7,10-14,17H,5-6,8-9H2,1-4H3. The number of carbonyl (C=O) groups is 1. The number of nitrogens with zero attached hydrogens (tertiary/aromatic N) is 6. The summed E-state index contributed by atoms with van der Waals surface area (Å²) in [6.45, 7) is 8.35. The molecule has 35 heavy (non-hydrogen) atoms. The summed E-state index contributed by atoms with van der Waals surface area (Å²) in [5.74, 6) is -0.139. The molecule has 0 atom stereocenters. The molecule has 0 N–H and O–H groups in total. The van der Waals surface area contributed by atoms with Crippen LogP contribution in [-0.2, 0) is 4.74 Å². The van der Waals surface area contributed by atoms with Crippen LogP contribution in [0.1, 0.15) is 45.3 Å². The number of ether oxygens (including phenoxy) is 1. The highest BCUT2D eigenvalue weighted by atomic mass is 19.1. The normalized spacial score (nSPS) is 15.2. The highest BCUT2D eigenvalue weighted by Gasteiger charge is 2.28. The lowest BCUT2D eigenvalue weighted by Crippen LogP contribution is -2.43. The number of piperidine rings is 1. The Bertz CT molecular complexity index is 1500. The van der Waals surface area contributed by atoms with E-state index in [9.17, 15) is 14.0 Å². The van der Waals surface area contributed by atoms with Crippen LogP contribution in [0.3, 0.4) is 0 Å². The fraction of sp³-hybridized carbons (Fsp3) is 0.400. The van der Waals surface area contributed by atoms with Crippen LogP contribution in [0, 0.1) is 12.7 Å². The number of aromatic nitrogens is 5. The third-order valence-electron chi connectivity index (χ3n) is 6.07. The number of hydrogen-bond donors (Lipinski definition) is 0. The highest BCUT2D eigenvalue weighted by Crippen LogP contribution is 2.25. The van der Waals surface area contributed by atoms with Crippen molar-refractivity contribution >= 4 is 22.6 Å². The summed E-state index contributed by atoms with van der Waals surface area (Å²) in [5.41, 5.74) is 1.21. The molecule has 1 fully saturated rings. The number of pyridine rings is 2. The third kappa shape index (κ3) is 4.48. The van der Waals surface area contributed by atoms with Gasteiger partial charge in [0.15, 0.2) is 17.3 Å². The van der Waals surface area contributed by atoms with Crippen LogP contribution in [0.15, 0.2) is 41.7 Å². The lowest BCUT2D eigenvalue weighted by atomic mass is 10.0. The molecule has 1 aliphatic heterocycles. The number of imidazole rings is 1. The molecule has 5 heterocycles. The van der Waals surface area contributed by atoms with Gasteiger partial charge in [-0.1, -0.05) is 0 Å². The lowest BCUT2D eigenvalue weighted by Gasteiger charge is -2.34. The zero-order valence-electron chi connectivity index (χ0n) is 20.2. The number of likely N-dealkylation sites (tertiary alicyclic amines) is 1. The van der Waals surface area contributed by atoms with Gasteiger partial charge in [0.1, 0.15) is 5.60 Å². The van der Waals surface area contributed by atoms with Gasteiger partial charge in [0.05, 0.1) is 16.6 Å². The molecule has 0 aromatic carbocycles. The lowest BCUT2D eigenvalue weighted by molar-refractivity contribution is 0.0187. The molecule has 0 unspecified atom stereocenters. The smallest absolute Gasteiger partial charge is 0.410 e. The van der Waals surface area contributed by atoms with Crippen molar-refractivity contribution in [1.82, 2.24) is 28.8 Å². The van der Waals surface area contributed by atoms with Gasteiger partial charge in [-0.15, -0.1) is 0 Å². The average Bonchev–Trinajstić information content (AvgIpc) is 3.19. The molecular formula is C25H27FN6O3. The van der Waals surface area contributed by atoms with E-state index in [1.165, 1.54) is 12.3 Å². The van der Waals surface area contributed by atoms with Crippen molar-refractivity contribution in [2.45, 2.75) is 52.2 Å². The topological polar surface area (TPSA) is 94.6 Å². The van der Waals surface area contributed by atoms with Crippen LogP contribution < -0.4 is 5.56 Å². The predicted octanol–water partition coefficient (Wildman–Crippen LogP) is 4.13. The number of rotatable bonds is 2. The molecule has 10 heteroatoms. The summed E-state index contributed by atoms with van der Waals surface area (Å²) >= 11 is 0. The first-order chi connectivity index (χ1) is 16.6. The molecule has 0 spiro atoms. The first kappa shape index (κ1) is 22.9. The van der Waals surface area contributed by atoms with E-state index in [2.05, 4.69) is 15.0 Å². The first-order valence-electron chi connectivity index (χ1n) is 11.6. The minimum Gasteiger partial charge on any atom is -0.444 e. The Balaban J connectivity index is 1.39. The molecule has 0 radical (unpaired) electrons. The molecule has 4 aromatic rings. The molecule has 182 valence electrons. The van der Waals surface area contributed by atoms with Gasteiger partial charge in [-0.25, -0.2) is 24.1 Å². The Morgan fingerprint density at radius 3 is 2.63 bits per heavy atom. The Morgan fingerprint density at radius 2 is 1.91 bits per heavy atom. The first-order valence-corrected chi connectivity index (χ1v) is 11.6. The Hall–Kier alpha value is -3.82. The second-order valence-corrected chi connectivity index (χ2v) is 9.91. The van der Waals surface area contributed by atoms with Crippen LogP contribution in [0.4, 0.5) is 9.18 Å². The average molecular weight is 479 g/mol. The summed E-state index contributed by atoms with van der Waals surface area (Å²) in [6.07, 6.45) is 7.64. The Kier molecular flexibility index (Phi) is 5.53. The van der Waals surface area contributed by atoms with E-state index in [0.717, 1.165) is 0 Å². The molecule has 9 nitrogen and oxygen atoms in total. The van der Waals surface area contributed by atoms with Gasteiger partial charge in [-0.2, -0.15) is 0 Å². The Labute approximate surface area is 201 Å². The van der Waals surface area contributed by atoms with E-state index in [0.29, 0.717) is 53.9 Å². The second-order valence-electron chi connectivity index (χ2n) is 9.91. The van der Waals surface area contributed by atoms with Gasteiger partial charge >= 0.3 is 6.09 Å². The summed E-state index contributed by atoms with van der Waals surface area (Å²) in [5, 5.41) is 0.394. The molecule has 5 rings (SSSR count). The molecule has 0 saturated carbocycles. The van der Waals surface area contributed by atoms with E-state index in [4.69, 9.17) is 4.74 Å². The van der Waals surface area contributed by atoms with E-state index in [1.807, 2.05) is 20.8 Å². The van der Waals surface area contributed by atoms with Crippen molar-refractivity contribution in [3.8, 4) is 11.4 Å². The third-order valence-corrected chi connectivity index (χ3v) is 6.07. The molecule has 1 amide bonds. The molecule has 1 aliphatic rings. The zero-order chi connectivity index (χ0) is 24.9. The number of fused-ring (bicyclic) bond motifs is 2. The maximum atomic E-state index is 14.5. The molecule has 0 aliphatic carbocycles. The van der Waals surface area contributed by atoms with Crippen LogP contribution in [0.5, 0.6) is 0 Å². The van der Waals surface area contributed by atoms with Gasteiger partial charge in [-0.3, -0.25) is 4.79 Å². The summed E-state index contributed by atoms with van der Waals surface area (Å²) in [6, 6.07) is 3.09. The van der Waals surface area contributed by atoms with Crippen molar-refractivity contribution in [2.75, 3.05) is 13.1 Å². The monoisotopic (exact) mass is 478 g/mol. The fourth-order valence-corrected chi connectivity index (χ4v) is 4.43.